The molecule has 0 unspecified atom stereocenters. The zero-order valence-electron chi connectivity index (χ0n) is 8.29. The summed E-state index contributed by atoms with van der Waals surface area (Å²) in [5.74, 6) is 0.943. The van der Waals surface area contributed by atoms with E-state index >= 15 is 0 Å². The minimum Gasteiger partial charge on any atom is -0.506 e. The van der Waals surface area contributed by atoms with Crippen LogP contribution in [0, 0.1) is 6.92 Å². The Kier molecular flexibility index (Phi) is 3.12. The summed E-state index contributed by atoms with van der Waals surface area (Å²) in [5.41, 5.74) is 1.63. The topological polar surface area (TPSA) is 42.4 Å². The first-order valence-electron chi connectivity index (χ1n) is 4.59. The smallest absolute Gasteiger partial charge is 0.144 e. The van der Waals surface area contributed by atoms with E-state index in [0.29, 0.717) is 12.3 Å². The Balaban J connectivity index is 0.000000396. The van der Waals surface area contributed by atoms with Gasteiger partial charge < -0.3 is 9.84 Å². The second-order valence-corrected chi connectivity index (χ2v) is 2.64. The van der Waals surface area contributed by atoms with Crippen molar-refractivity contribution in [1.29, 1.82) is 0 Å². The van der Waals surface area contributed by atoms with Crippen LogP contribution >= 0.6 is 0 Å². The molecule has 13 heavy (non-hydrogen) atoms. The van der Waals surface area contributed by atoms with Crippen molar-refractivity contribution in [2.24, 2.45) is 0 Å². The highest BCUT2D eigenvalue weighted by Crippen LogP contribution is 2.28. The molecule has 3 nitrogen and oxygen atoms in total. The molecule has 1 aliphatic rings. The van der Waals surface area contributed by atoms with Crippen LogP contribution in [-0.2, 0) is 6.42 Å². The molecule has 0 spiro atoms. The highest BCUT2D eigenvalue weighted by atomic mass is 16.5. The minimum absolute atomic E-state index is 0.214. The van der Waals surface area contributed by atoms with E-state index in [0.717, 1.165) is 17.9 Å². The van der Waals surface area contributed by atoms with Gasteiger partial charge in [-0.15, -0.1) is 0 Å². The first-order valence-corrected chi connectivity index (χ1v) is 4.59. The number of hydrogen-bond donors (Lipinski definition) is 1. The van der Waals surface area contributed by atoms with E-state index in [-0.39, 0.29) is 5.75 Å². The molecule has 0 saturated heterocycles. The number of hydrogen-bond acceptors (Lipinski definition) is 3. The van der Waals surface area contributed by atoms with Crippen molar-refractivity contribution in [3.8, 4) is 11.5 Å². The molecule has 72 valence electrons. The second-order valence-electron chi connectivity index (χ2n) is 2.64. The van der Waals surface area contributed by atoms with Crippen LogP contribution in [0.25, 0.3) is 0 Å². The molecular weight excluding hydrogens is 166 g/mol. The van der Waals surface area contributed by atoms with Crippen molar-refractivity contribution < 1.29 is 9.84 Å². The Hall–Kier alpha value is -1.25. The predicted octanol–water partition coefficient (Wildman–Crippen LogP) is 2.06. The molecule has 0 saturated carbocycles. The lowest BCUT2D eigenvalue weighted by Crippen LogP contribution is -1.87. The molecule has 0 radical (unpaired) electrons. The molecule has 0 aromatic carbocycles. The van der Waals surface area contributed by atoms with Crippen LogP contribution in [0.2, 0.25) is 0 Å². The van der Waals surface area contributed by atoms with Gasteiger partial charge in [0.25, 0.3) is 0 Å². The van der Waals surface area contributed by atoms with Crippen LogP contribution in [0.5, 0.6) is 11.5 Å². The fraction of sp³-hybridized carbons (Fsp3) is 0.500. The fourth-order valence-electron chi connectivity index (χ4n) is 1.19. The summed E-state index contributed by atoms with van der Waals surface area (Å²) in [6.07, 6.45) is 0.858. The van der Waals surface area contributed by atoms with Crippen molar-refractivity contribution in [2.75, 3.05) is 6.61 Å². The fourth-order valence-corrected chi connectivity index (χ4v) is 1.19. The minimum atomic E-state index is 0.214. The summed E-state index contributed by atoms with van der Waals surface area (Å²) in [6, 6.07) is 1.63. The zero-order valence-corrected chi connectivity index (χ0v) is 8.29. The van der Waals surface area contributed by atoms with Crippen LogP contribution in [0.1, 0.15) is 25.2 Å². The van der Waals surface area contributed by atoms with Gasteiger partial charge in [0.1, 0.15) is 11.5 Å². The van der Waals surface area contributed by atoms with E-state index in [1.807, 2.05) is 13.8 Å². The molecule has 3 heteroatoms. The van der Waals surface area contributed by atoms with Gasteiger partial charge in [0.05, 0.1) is 18.0 Å². The molecule has 1 aromatic rings. The zero-order chi connectivity index (χ0) is 9.84. The van der Waals surface area contributed by atoms with Crippen molar-refractivity contribution in [3.05, 3.63) is 17.5 Å². The van der Waals surface area contributed by atoms with Crippen molar-refractivity contribution >= 4 is 0 Å². The van der Waals surface area contributed by atoms with E-state index in [9.17, 15) is 5.11 Å². The molecule has 1 aliphatic heterocycles. The Morgan fingerprint density at radius 3 is 2.85 bits per heavy atom. The second kappa shape index (κ2) is 4.12. The van der Waals surface area contributed by atoms with Gasteiger partial charge in [0.15, 0.2) is 0 Å². The molecule has 0 bridgehead atoms. The Bertz CT molecular complexity index is 268. The normalized spacial score (nSPS) is 12.5. The van der Waals surface area contributed by atoms with Crippen LogP contribution < -0.4 is 4.74 Å². The van der Waals surface area contributed by atoms with Gasteiger partial charge in [0, 0.05) is 12.5 Å². The number of ether oxygens (including phenoxy) is 1. The average molecular weight is 181 g/mol. The van der Waals surface area contributed by atoms with E-state index in [4.69, 9.17) is 4.74 Å². The van der Waals surface area contributed by atoms with Crippen molar-refractivity contribution in [3.63, 3.8) is 0 Å². The SMILES string of the molecule is CC.Cc1nc2c(cc1O)OCC2. The first-order chi connectivity index (χ1) is 6.27. The summed E-state index contributed by atoms with van der Waals surface area (Å²) in [6.45, 7) is 6.47. The number of nitrogens with zero attached hydrogens (tertiary/aromatic N) is 1. The quantitative estimate of drug-likeness (QED) is 0.666. The van der Waals surface area contributed by atoms with E-state index in [1.54, 1.807) is 13.0 Å². The molecular formula is C10H15NO2. The summed E-state index contributed by atoms with van der Waals surface area (Å²) < 4.78 is 5.21. The number of aromatic nitrogens is 1. The van der Waals surface area contributed by atoms with E-state index < -0.39 is 0 Å². The monoisotopic (exact) mass is 181 g/mol. The Morgan fingerprint density at radius 1 is 1.46 bits per heavy atom. The number of fused-ring (bicyclic) bond motifs is 1. The Labute approximate surface area is 78.4 Å². The first kappa shape index (κ1) is 9.84. The third-order valence-corrected chi connectivity index (χ3v) is 1.82. The van der Waals surface area contributed by atoms with Gasteiger partial charge in [-0.25, -0.2) is 0 Å². The van der Waals surface area contributed by atoms with Gasteiger partial charge in [0.2, 0.25) is 0 Å². The average Bonchev–Trinajstić information content (AvgIpc) is 2.56. The lowest BCUT2D eigenvalue weighted by molar-refractivity contribution is 0.354. The predicted molar refractivity (Wildman–Crippen MR) is 51.2 cm³/mol. The highest BCUT2D eigenvalue weighted by Gasteiger charge is 2.15. The molecule has 1 aromatic heterocycles. The Morgan fingerprint density at radius 2 is 2.15 bits per heavy atom. The van der Waals surface area contributed by atoms with Gasteiger partial charge in [-0.2, -0.15) is 0 Å². The standard InChI is InChI=1S/C8H9NO2.C2H6/c1-5-7(10)4-8-6(9-5)2-3-11-8;1-2/h4,10H,2-3H2,1H3;1-2H3. The lowest BCUT2D eigenvalue weighted by atomic mass is 10.2. The molecule has 0 fully saturated rings. The summed E-state index contributed by atoms with van der Waals surface area (Å²) in [5, 5.41) is 9.24. The number of pyridine rings is 1. The van der Waals surface area contributed by atoms with Crippen molar-refractivity contribution in [2.45, 2.75) is 27.2 Å². The molecule has 1 N–H and O–H groups in total. The van der Waals surface area contributed by atoms with Gasteiger partial charge >= 0.3 is 0 Å². The molecule has 0 atom stereocenters. The highest BCUT2D eigenvalue weighted by molar-refractivity contribution is 5.40. The van der Waals surface area contributed by atoms with Crippen LogP contribution in [0.3, 0.4) is 0 Å². The third kappa shape index (κ3) is 1.91. The van der Waals surface area contributed by atoms with Crippen LogP contribution in [0.4, 0.5) is 0 Å². The largest absolute Gasteiger partial charge is 0.506 e. The number of rotatable bonds is 0. The maximum atomic E-state index is 9.24. The number of aromatic hydroxyl groups is 1. The molecule has 2 rings (SSSR count). The van der Waals surface area contributed by atoms with E-state index in [2.05, 4.69) is 4.98 Å². The van der Waals surface area contributed by atoms with Gasteiger partial charge in [-0.3, -0.25) is 4.98 Å². The molecule has 0 amide bonds. The lowest BCUT2D eigenvalue weighted by Gasteiger charge is -2.00. The summed E-state index contributed by atoms with van der Waals surface area (Å²) in [4.78, 5) is 4.18. The van der Waals surface area contributed by atoms with Gasteiger partial charge in [-0.1, -0.05) is 13.8 Å². The van der Waals surface area contributed by atoms with E-state index in [1.165, 1.54) is 0 Å². The maximum absolute atomic E-state index is 9.24. The number of aryl methyl sites for hydroxylation is 1. The van der Waals surface area contributed by atoms with Gasteiger partial charge in [-0.05, 0) is 6.92 Å². The van der Waals surface area contributed by atoms with Crippen molar-refractivity contribution in [1.82, 2.24) is 4.98 Å². The maximum Gasteiger partial charge on any atom is 0.144 e. The van der Waals surface area contributed by atoms with Crippen LogP contribution in [0.15, 0.2) is 6.07 Å². The molecule has 0 aliphatic carbocycles. The van der Waals surface area contributed by atoms with Crippen LogP contribution in [-0.4, -0.2) is 16.7 Å². The summed E-state index contributed by atoms with van der Waals surface area (Å²) >= 11 is 0. The molecule has 2 heterocycles. The summed E-state index contributed by atoms with van der Waals surface area (Å²) in [7, 11) is 0. The third-order valence-electron chi connectivity index (χ3n) is 1.82.